The summed E-state index contributed by atoms with van der Waals surface area (Å²) in [7, 11) is 0. The Balaban J connectivity index is 1.67. The molecule has 9 heteroatoms. The first-order valence-electron chi connectivity index (χ1n) is 9.43. The molecule has 0 aliphatic carbocycles. The van der Waals surface area contributed by atoms with E-state index in [4.69, 9.17) is 4.74 Å². The van der Waals surface area contributed by atoms with Crippen LogP contribution in [0.1, 0.15) is 34.3 Å². The summed E-state index contributed by atoms with van der Waals surface area (Å²) in [5, 5.41) is 4.50. The van der Waals surface area contributed by atoms with Crippen LogP contribution in [0.4, 0.5) is 14.5 Å². The molecule has 0 saturated heterocycles. The van der Waals surface area contributed by atoms with Crippen LogP contribution in [0.25, 0.3) is 0 Å². The van der Waals surface area contributed by atoms with Gasteiger partial charge in [-0.25, -0.2) is 8.78 Å². The molecule has 2 amide bonds. The number of hydrogen-bond donors (Lipinski definition) is 2. The molecular weight excluding hydrogens is 410 g/mol. The van der Waals surface area contributed by atoms with Crippen molar-refractivity contribution in [3.05, 3.63) is 64.7 Å². The van der Waals surface area contributed by atoms with Gasteiger partial charge in [-0.05, 0) is 43.2 Å². The highest BCUT2D eigenvalue weighted by atomic mass is 19.2. The van der Waals surface area contributed by atoms with Crippen molar-refractivity contribution in [2.24, 2.45) is 0 Å². The van der Waals surface area contributed by atoms with Crippen molar-refractivity contribution in [1.82, 2.24) is 5.32 Å². The first-order chi connectivity index (χ1) is 14.7. The molecule has 2 aromatic rings. The summed E-state index contributed by atoms with van der Waals surface area (Å²) in [6.45, 7) is 2.74. The van der Waals surface area contributed by atoms with Crippen molar-refractivity contribution in [3.63, 3.8) is 0 Å². The smallest absolute Gasteiger partial charge is 0.306 e. The van der Waals surface area contributed by atoms with E-state index in [9.17, 15) is 28.0 Å². The van der Waals surface area contributed by atoms with E-state index in [2.05, 4.69) is 10.6 Å². The summed E-state index contributed by atoms with van der Waals surface area (Å²) in [5.41, 5.74) is 2.55. The van der Waals surface area contributed by atoms with Gasteiger partial charge in [-0.15, -0.1) is 0 Å². The molecule has 164 valence electrons. The highest BCUT2D eigenvalue weighted by molar-refractivity contribution is 5.98. The van der Waals surface area contributed by atoms with Gasteiger partial charge >= 0.3 is 5.97 Å². The number of aryl methyl sites for hydroxylation is 2. The van der Waals surface area contributed by atoms with Crippen LogP contribution in [0.5, 0.6) is 0 Å². The predicted octanol–water partition coefficient (Wildman–Crippen LogP) is 2.84. The molecule has 0 spiro atoms. The highest BCUT2D eigenvalue weighted by Gasteiger charge is 2.13. The van der Waals surface area contributed by atoms with Crippen LogP contribution in [0.3, 0.4) is 0 Å². The van der Waals surface area contributed by atoms with Crippen LogP contribution in [0.2, 0.25) is 0 Å². The van der Waals surface area contributed by atoms with E-state index in [0.29, 0.717) is 5.56 Å². The fourth-order valence-corrected chi connectivity index (χ4v) is 2.50. The second kappa shape index (κ2) is 11.0. The Morgan fingerprint density at radius 1 is 0.871 bits per heavy atom. The van der Waals surface area contributed by atoms with Gasteiger partial charge in [-0.2, -0.15) is 0 Å². The first-order valence-corrected chi connectivity index (χ1v) is 9.43. The number of ether oxygens (including phenoxy) is 1. The summed E-state index contributed by atoms with van der Waals surface area (Å²) in [6, 6.07) is 8.09. The van der Waals surface area contributed by atoms with Gasteiger partial charge < -0.3 is 15.4 Å². The van der Waals surface area contributed by atoms with Crippen molar-refractivity contribution < 1.29 is 32.7 Å². The number of anilines is 1. The fourth-order valence-electron chi connectivity index (χ4n) is 2.50. The number of rotatable bonds is 9. The molecule has 0 bridgehead atoms. The van der Waals surface area contributed by atoms with Crippen LogP contribution in [-0.4, -0.2) is 36.7 Å². The van der Waals surface area contributed by atoms with Crippen LogP contribution in [0.15, 0.2) is 36.4 Å². The third kappa shape index (κ3) is 7.61. The third-order valence-corrected chi connectivity index (χ3v) is 4.40. The van der Waals surface area contributed by atoms with Crippen molar-refractivity contribution in [1.29, 1.82) is 0 Å². The average molecular weight is 432 g/mol. The van der Waals surface area contributed by atoms with Gasteiger partial charge in [-0.3, -0.25) is 19.2 Å². The standard InChI is InChI=1S/C22H22F2N2O5/c1-13-3-4-15(9-14(13)2)19(27)7-8-22(30)31-12-21(29)25-11-20(28)26-16-5-6-17(23)18(24)10-16/h3-6,9-10H,7-8,11-12H2,1-2H3,(H,25,29)(H,26,28). The number of nitrogens with one attached hydrogen (secondary N) is 2. The maximum Gasteiger partial charge on any atom is 0.306 e. The lowest BCUT2D eigenvalue weighted by Crippen LogP contribution is -2.35. The van der Waals surface area contributed by atoms with E-state index in [1.54, 1.807) is 12.1 Å². The molecular formula is C22H22F2N2O5. The molecule has 0 fully saturated rings. The Morgan fingerprint density at radius 3 is 2.29 bits per heavy atom. The number of hydrogen-bond acceptors (Lipinski definition) is 5. The molecule has 2 aromatic carbocycles. The SMILES string of the molecule is Cc1ccc(C(=O)CCC(=O)OCC(=O)NCC(=O)Nc2ccc(F)c(F)c2)cc1C. The number of benzene rings is 2. The molecule has 0 radical (unpaired) electrons. The molecule has 0 unspecified atom stereocenters. The van der Waals surface area contributed by atoms with E-state index >= 15 is 0 Å². The molecule has 0 atom stereocenters. The van der Waals surface area contributed by atoms with Gasteiger partial charge in [0.1, 0.15) is 0 Å². The Hall–Kier alpha value is -3.62. The molecule has 0 aliphatic heterocycles. The monoisotopic (exact) mass is 432 g/mol. The Labute approximate surface area is 177 Å². The second-order valence-corrected chi connectivity index (χ2v) is 6.84. The lowest BCUT2D eigenvalue weighted by atomic mass is 10.0. The average Bonchev–Trinajstić information content (AvgIpc) is 2.73. The van der Waals surface area contributed by atoms with Crippen molar-refractivity contribution in [3.8, 4) is 0 Å². The Kier molecular flexibility index (Phi) is 8.36. The van der Waals surface area contributed by atoms with Crippen LogP contribution in [-0.2, 0) is 19.1 Å². The van der Waals surface area contributed by atoms with Crippen molar-refractivity contribution in [2.45, 2.75) is 26.7 Å². The van der Waals surface area contributed by atoms with E-state index in [1.165, 1.54) is 6.07 Å². The van der Waals surface area contributed by atoms with E-state index in [1.807, 2.05) is 19.9 Å². The maximum atomic E-state index is 13.1. The quantitative estimate of drug-likeness (QED) is 0.469. The van der Waals surface area contributed by atoms with Crippen molar-refractivity contribution in [2.75, 3.05) is 18.5 Å². The number of amides is 2. The molecule has 0 aromatic heterocycles. The number of esters is 1. The summed E-state index contributed by atoms with van der Waals surface area (Å²) in [6.07, 6.45) is -0.241. The lowest BCUT2D eigenvalue weighted by Gasteiger charge is -2.08. The van der Waals surface area contributed by atoms with Gasteiger partial charge in [0, 0.05) is 23.7 Å². The van der Waals surface area contributed by atoms with Gasteiger partial charge in [-0.1, -0.05) is 12.1 Å². The first kappa shape index (κ1) is 23.7. The zero-order valence-electron chi connectivity index (χ0n) is 17.1. The van der Waals surface area contributed by atoms with Crippen molar-refractivity contribution >= 4 is 29.3 Å². The van der Waals surface area contributed by atoms with E-state index < -0.39 is 42.6 Å². The molecule has 31 heavy (non-hydrogen) atoms. The number of carbonyl (C=O) groups excluding carboxylic acids is 4. The molecule has 0 aliphatic rings. The minimum Gasteiger partial charge on any atom is -0.456 e. The minimum atomic E-state index is -1.12. The third-order valence-electron chi connectivity index (χ3n) is 4.40. The lowest BCUT2D eigenvalue weighted by molar-refractivity contribution is -0.148. The van der Waals surface area contributed by atoms with Crippen LogP contribution < -0.4 is 10.6 Å². The van der Waals surface area contributed by atoms with E-state index in [0.717, 1.165) is 23.3 Å². The molecule has 0 heterocycles. The summed E-state index contributed by atoms with van der Waals surface area (Å²) < 4.78 is 30.7. The second-order valence-electron chi connectivity index (χ2n) is 6.84. The van der Waals surface area contributed by atoms with Gasteiger partial charge in [0.2, 0.25) is 5.91 Å². The molecule has 2 N–H and O–H groups in total. The van der Waals surface area contributed by atoms with E-state index in [-0.39, 0.29) is 24.3 Å². The minimum absolute atomic E-state index is 0.0259. The zero-order valence-corrected chi connectivity index (χ0v) is 17.1. The topological polar surface area (TPSA) is 102 Å². The molecule has 0 saturated carbocycles. The largest absolute Gasteiger partial charge is 0.456 e. The Morgan fingerprint density at radius 2 is 1.61 bits per heavy atom. The number of carbonyl (C=O) groups is 4. The maximum absolute atomic E-state index is 13.1. The van der Waals surface area contributed by atoms with Gasteiger partial charge in [0.05, 0.1) is 13.0 Å². The zero-order chi connectivity index (χ0) is 23.0. The number of halogens is 2. The Bertz CT molecular complexity index is 1010. The highest BCUT2D eigenvalue weighted by Crippen LogP contribution is 2.13. The summed E-state index contributed by atoms with van der Waals surface area (Å²) in [5.74, 6) is -4.51. The fraction of sp³-hybridized carbons (Fsp3) is 0.273. The molecule has 2 rings (SSSR count). The predicted molar refractivity (Wildman–Crippen MR) is 108 cm³/mol. The number of ketones is 1. The summed E-state index contributed by atoms with van der Waals surface area (Å²) in [4.78, 5) is 47.3. The number of Topliss-reactive ketones (excluding diaryl/α,β-unsaturated/α-hetero) is 1. The normalized spacial score (nSPS) is 10.3. The van der Waals surface area contributed by atoms with Gasteiger partial charge in [0.15, 0.2) is 24.0 Å². The van der Waals surface area contributed by atoms with Crippen LogP contribution in [0, 0.1) is 25.5 Å². The summed E-state index contributed by atoms with van der Waals surface area (Å²) >= 11 is 0. The van der Waals surface area contributed by atoms with Gasteiger partial charge in [0.25, 0.3) is 5.91 Å². The molecule has 7 nitrogen and oxygen atoms in total. The van der Waals surface area contributed by atoms with Crippen LogP contribution >= 0.6 is 0 Å².